The lowest BCUT2D eigenvalue weighted by molar-refractivity contribution is -0.150. The molecule has 2 fully saturated rings. The van der Waals surface area contributed by atoms with Crippen molar-refractivity contribution >= 4 is 17.8 Å². The molecule has 7 nitrogen and oxygen atoms in total. The summed E-state index contributed by atoms with van der Waals surface area (Å²) in [4.78, 5) is 38.5. The lowest BCUT2D eigenvalue weighted by Crippen LogP contribution is -2.56. The highest BCUT2D eigenvalue weighted by atomic mass is 16.4. The molecule has 7 heteroatoms. The minimum absolute atomic E-state index is 0.0158. The Hall–Kier alpha value is -2.41. The third-order valence-corrected chi connectivity index (χ3v) is 6.36. The topological polar surface area (TPSA) is 113 Å². The maximum Gasteiger partial charge on any atom is 0.326 e. The average Bonchev–Trinajstić information content (AvgIpc) is 3.10. The van der Waals surface area contributed by atoms with E-state index in [0.717, 1.165) is 31.2 Å². The van der Waals surface area contributed by atoms with E-state index in [9.17, 15) is 19.5 Å². The van der Waals surface area contributed by atoms with Crippen molar-refractivity contribution in [2.24, 2.45) is 11.7 Å². The second kappa shape index (κ2) is 9.39. The van der Waals surface area contributed by atoms with Crippen LogP contribution in [-0.2, 0) is 20.8 Å². The number of primary amides is 1. The van der Waals surface area contributed by atoms with Crippen LogP contribution in [0.4, 0.5) is 0 Å². The number of likely N-dealkylation sites (tertiary alicyclic amines) is 1. The molecule has 0 bridgehead atoms. The standard InChI is InChI=1S/C22H31N3O4/c1-14(24-17(20(23)26)12-11-15-7-3-2-4-8-15)21(27)25-18-10-6-5-9-16(18)13-19(25)22(28)29/h2-4,7-8,14,16-19,24H,5-6,9-13H2,1H3,(H2,23,26)(H,28,29)/t14-,16?,17?,18?,19?/m0/s1. The molecule has 1 saturated heterocycles. The predicted molar refractivity (Wildman–Crippen MR) is 109 cm³/mol. The Morgan fingerprint density at radius 3 is 2.55 bits per heavy atom. The van der Waals surface area contributed by atoms with Crippen LogP contribution in [-0.4, -0.2) is 52.0 Å². The number of carbonyl (C=O) groups excluding carboxylic acids is 2. The molecular weight excluding hydrogens is 370 g/mol. The monoisotopic (exact) mass is 401 g/mol. The van der Waals surface area contributed by atoms with Crippen LogP contribution in [0.2, 0.25) is 0 Å². The number of hydrogen-bond donors (Lipinski definition) is 3. The fraction of sp³-hybridized carbons (Fsp3) is 0.591. The summed E-state index contributed by atoms with van der Waals surface area (Å²) in [5.74, 6) is -1.45. The van der Waals surface area contributed by atoms with Gasteiger partial charge in [0.2, 0.25) is 11.8 Å². The van der Waals surface area contributed by atoms with E-state index in [1.807, 2.05) is 30.3 Å². The van der Waals surface area contributed by atoms with Gasteiger partial charge < -0.3 is 15.7 Å². The summed E-state index contributed by atoms with van der Waals surface area (Å²) in [7, 11) is 0. The molecule has 1 aromatic rings. The van der Waals surface area contributed by atoms with Crippen LogP contribution in [0.3, 0.4) is 0 Å². The van der Waals surface area contributed by atoms with Gasteiger partial charge in [-0.1, -0.05) is 43.2 Å². The summed E-state index contributed by atoms with van der Waals surface area (Å²) < 4.78 is 0. The van der Waals surface area contributed by atoms with Gasteiger partial charge in [-0.2, -0.15) is 0 Å². The maximum atomic E-state index is 13.2. The van der Waals surface area contributed by atoms with E-state index in [2.05, 4.69) is 5.32 Å². The van der Waals surface area contributed by atoms with Crippen molar-refractivity contribution in [1.82, 2.24) is 10.2 Å². The van der Waals surface area contributed by atoms with Crippen molar-refractivity contribution in [3.63, 3.8) is 0 Å². The van der Waals surface area contributed by atoms with E-state index < -0.39 is 30.0 Å². The molecular formula is C22H31N3O4. The van der Waals surface area contributed by atoms with Gasteiger partial charge in [0.15, 0.2) is 0 Å². The Bertz CT molecular complexity index is 739. The van der Waals surface area contributed by atoms with Gasteiger partial charge in [-0.15, -0.1) is 0 Å². The number of carboxylic acid groups (broad SMARTS) is 1. The molecule has 5 atom stereocenters. The molecule has 0 spiro atoms. The largest absolute Gasteiger partial charge is 0.480 e. The molecule has 29 heavy (non-hydrogen) atoms. The van der Waals surface area contributed by atoms with Crippen LogP contribution in [0.25, 0.3) is 0 Å². The second-order valence-corrected chi connectivity index (χ2v) is 8.31. The molecule has 4 N–H and O–H groups in total. The summed E-state index contributed by atoms with van der Waals surface area (Å²) in [6.07, 6.45) is 5.58. The molecule has 1 saturated carbocycles. The number of aryl methyl sites for hydroxylation is 1. The van der Waals surface area contributed by atoms with E-state index in [1.54, 1.807) is 11.8 Å². The summed E-state index contributed by atoms with van der Waals surface area (Å²) in [5, 5.41) is 12.7. The molecule has 1 aliphatic heterocycles. The van der Waals surface area contributed by atoms with Gasteiger partial charge >= 0.3 is 5.97 Å². The number of carbonyl (C=O) groups is 3. The molecule has 2 aliphatic rings. The fourth-order valence-corrected chi connectivity index (χ4v) is 4.86. The number of nitrogens with one attached hydrogen (secondary N) is 1. The van der Waals surface area contributed by atoms with Crippen molar-refractivity contribution in [3.8, 4) is 0 Å². The minimum Gasteiger partial charge on any atom is -0.480 e. The SMILES string of the molecule is C[C@H](NC(CCc1ccccc1)C(N)=O)C(=O)N1C(C(=O)O)CC2CCCCC21. The smallest absolute Gasteiger partial charge is 0.326 e. The van der Waals surface area contributed by atoms with Crippen LogP contribution in [0.15, 0.2) is 30.3 Å². The molecule has 1 aliphatic carbocycles. The molecule has 3 rings (SSSR count). The van der Waals surface area contributed by atoms with E-state index >= 15 is 0 Å². The Labute approximate surface area is 171 Å². The third-order valence-electron chi connectivity index (χ3n) is 6.36. The molecule has 0 radical (unpaired) electrons. The molecule has 4 unspecified atom stereocenters. The molecule has 1 aromatic carbocycles. The zero-order valence-electron chi connectivity index (χ0n) is 16.9. The zero-order valence-corrected chi connectivity index (χ0v) is 16.9. The number of hydrogen-bond acceptors (Lipinski definition) is 4. The van der Waals surface area contributed by atoms with Crippen molar-refractivity contribution < 1.29 is 19.5 Å². The lowest BCUT2D eigenvalue weighted by atomic mass is 9.84. The summed E-state index contributed by atoms with van der Waals surface area (Å²) in [6, 6.07) is 7.65. The predicted octanol–water partition coefficient (Wildman–Crippen LogP) is 1.70. The first-order chi connectivity index (χ1) is 13.9. The number of fused-ring (bicyclic) bond motifs is 1. The average molecular weight is 402 g/mol. The highest BCUT2D eigenvalue weighted by molar-refractivity contribution is 5.88. The van der Waals surface area contributed by atoms with Gasteiger partial charge in [-0.25, -0.2) is 4.79 Å². The number of amides is 2. The van der Waals surface area contributed by atoms with Crippen LogP contribution in [0, 0.1) is 5.92 Å². The van der Waals surface area contributed by atoms with Gasteiger partial charge in [0, 0.05) is 6.04 Å². The van der Waals surface area contributed by atoms with Crippen molar-refractivity contribution in [2.75, 3.05) is 0 Å². The molecule has 158 valence electrons. The van der Waals surface area contributed by atoms with Gasteiger partial charge in [0.05, 0.1) is 12.1 Å². The lowest BCUT2D eigenvalue weighted by Gasteiger charge is -2.35. The van der Waals surface area contributed by atoms with Crippen molar-refractivity contribution in [2.45, 2.75) is 76.0 Å². The summed E-state index contributed by atoms with van der Waals surface area (Å²) in [6.45, 7) is 1.69. The normalized spacial score (nSPS) is 25.8. The van der Waals surface area contributed by atoms with Crippen LogP contribution in [0.5, 0.6) is 0 Å². The Morgan fingerprint density at radius 2 is 1.90 bits per heavy atom. The molecule has 0 aromatic heterocycles. The van der Waals surface area contributed by atoms with E-state index in [4.69, 9.17) is 5.73 Å². The third kappa shape index (κ3) is 4.96. The van der Waals surface area contributed by atoms with Crippen LogP contribution < -0.4 is 11.1 Å². The Morgan fingerprint density at radius 1 is 1.21 bits per heavy atom. The first-order valence-corrected chi connectivity index (χ1v) is 10.5. The van der Waals surface area contributed by atoms with Gasteiger partial charge in [0.1, 0.15) is 6.04 Å². The summed E-state index contributed by atoms with van der Waals surface area (Å²) >= 11 is 0. The fourth-order valence-electron chi connectivity index (χ4n) is 4.86. The van der Waals surface area contributed by atoms with Crippen LogP contribution >= 0.6 is 0 Å². The number of nitrogens with two attached hydrogens (primary N) is 1. The number of rotatable bonds is 8. The number of nitrogens with zero attached hydrogens (tertiary/aromatic N) is 1. The molecule has 2 amide bonds. The van der Waals surface area contributed by atoms with Crippen molar-refractivity contribution in [3.05, 3.63) is 35.9 Å². The second-order valence-electron chi connectivity index (χ2n) is 8.31. The highest BCUT2D eigenvalue weighted by Gasteiger charge is 2.48. The van der Waals surface area contributed by atoms with Crippen molar-refractivity contribution in [1.29, 1.82) is 0 Å². The highest BCUT2D eigenvalue weighted by Crippen LogP contribution is 2.40. The maximum absolute atomic E-state index is 13.2. The van der Waals surface area contributed by atoms with Gasteiger partial charge in [-0.05, 0) is 50.5 Å². The quantitative estimate of drug-likeness (QED) is 0.614. The first-order valence-electron chi connectivity index (χ1n) is 10.5. The van der Waals surface area contributed by atoms with E-state index in [-0.39, 0.29) is 17.9 Å². The Kier molecular flexibility index (Phi) is 6.90. The van der Waals surface area contributed by atoms with E-state index in [0.29, 0.717) is 19.3 Å². The number of benzene rings is 1. The van der Waals surface area contributed by atoms with Gasteiger partial charge in [-0.3, -0.25) is 14.9 Å². The van der Waals surface area contributed by atoms with E-state index in [1.165, 1.54) is 0 Å². The first kappa shape index (κ1) is 21.3. The number of aliphatic carboxylic acids is 1. The summed E-state index contributed by atoms with van der Waals surface area (Å²) in [5.41, 5.74) is 6.66. The molecule has 1 heterocycles. The number of carboxylic acids is 1. The Balaban J connectivity index is 1.66. The minimum atomic E-state index is -0.949. The zero-order chi connectivity index (χ0) is 21.0. The van der Waals surface area contributed by atoms with Gasteiger partial charge in [0.25, 0.3) is 0 Å². The van der Waals surface area contributed by atoms with Crippen LogP contribution in [0.1, 0.15) is 51.0 Å².